The molecule has 134 valence electrons. The molecule has 0 aromatic heterocycles. The molecular formula is C19H24N2O3S. The summed E-state index contributed by atoms with van der Waals surface area (Å²) in [5.74, 6) is 0.693. The molecule has 1 aliphatic heterocycles. The first-order valence-corrected chi connectivity index (χ1v) is 9.91. The van der Waals surface area contributed by atoms with Crippen LogP contribution in [0.15, 0.2) is 53.4 Å². The van der Waals surface area contributed by atoms with Crippen molar-refractivity contribution in [3.63, 3.8) is 0 Å². The Balaban J connectivity index is 1.86. The van der Waals surface area contributed by atoms with Gasteiger partial charge >= 0.3 is 0 Å². The van der Waals surface area contributed by atoms with Gasteiger partial charge in [-0.05, 0) is 43.2 Å². The molecule has 2 N–H and O–H groups in total. The third-order valence-corrected chi connectivity index (χ3v) is 6.63. The maximum absolute atomic E-state index is 13.1. The number of rotatable bonds is 5. The number of nitrogens with two attached hydrogens (primary N) is 1. The van der Waals surface area contributed by atoms with E-state index >= 15 is 0 Å². The highest BCUT2D eigenvalue weighted by atomic mass is 32.2. The van der Waals surface area contributed by atoms with E-state index < -0.39 is 10.0 Å². The first-order valence-electron chi connectivity index (χ1n) is 8.47. The topological polar surface area (TPSA) is 72.6 Å². The van der Waals surface area contributed by atoms with E-state index in [9.17, 15) is 8.42 Å². The Kier molecular flexibility index (Phi) is 5.13. The Bertz CT molecular complexity index is 837. The summed E-state index contributed by atoms with van der Waals surface area (Å²) in [5, 5.41) is 0. The smallest absolute Gasteiger partial charge is 0.243 e. The Labute approximate surface area is 149 Å². The fourth-order valence-electron chi connectivity index (χ4n) is 3.35. The normalized spacial score (nSPS) is 21.4. The van der Waals surface area contributed by atoms with Gasteiger partial charge in [0.2, 0.25) is 10.0 Å². The molecule has 1 saturated heterocycles. The standard InChI is InChI=1S/C19H24N2O3S/c1-3-24-16-9-10-19(14(2)11-16)25(22,23)21-12-17(18(20)13-21)15-7-5-4-6-8-15/h4-11,17-18H,3,12-13,20H2,1-2H3/t17-,18+/m0/s1. The molecule has 0 amide bonds. The van der Waals surface area contributed by atoms with Crippen LogP contribution in [0.2, 0.25) is 0 Å². The second-order valence-electron chi connectivity index (χ2n) is 6.36. The number of ether oxygens (including phenoxy) is 1. The molecule has 1 heterocycles. The lowest BCUT2D eigenvalue weighted by atomic mass is 9.95. The number of benzene rings is 2. The Morgan fingerprint density at radius 3 is 2.52 bits per heavy atom. The summed E-state index contributed by atoms with van der Waals surface area (Å²) in [5.41, 5.74) is 8.01. The maximum atomic E-state index is 13.1. The van der Waals surface area contributed by atoms with Crippen LogP contribution in [0.3, 0.4) is 0 Å². The quantitative estimate of drug-likeness (QED) is 0.889. The van der Waals surface area contributed by atoms with Crippen LogP contribution in [0.25, 0.3) is 0 Å². The van der Waals surface area contributed by atoms with Gasteiger partial charge in [-0.15, -0.1) is 0 Å². The zero-order valence-corrected chi connectivity index (χ0v) is 15.4. The van der Waals surface area contributed by atoms with Crippen molar-refractivity contribution in [1.82, 2.24) is 4.31 Å². The maximum Gasteiger partial charge on any atom is 0.243 e. The molecule has 0 unspecified atom stereocenters. The zero-order valence-electron chi connectivity index (χ0n) is 14.6. The van der Waals surface area contributed by atoms with Crippen LogP contribution in [-0.4, -0.2) is 38.5 Å². The van der Waals surface area contributed by atoms with Crippen molar-refractivity contribution in [2.75, 3.05) is 19.7 Å². The molecule has 0 radical (unpaired) electrons. The van der Waals surface area contributed by atoms with Gasteiger partial charge in [-0.2, -0.15) is 4.31 Å². The van der Waals surface area contributed by atoms with Gasteiger partial charge in [0.05, 0.1) is 11.5 Å². The first kappa shape index (κ1) is 17.9. The summed E-state index contributed by atoms with van der Waals surface area (Å²) in [6.07, 6.45) is 0. The molecule has 25 heavy (non-hydrogen) atoms. The molecule has 2 aromatic carbocycles. The van der Waals surface area contributed by atoms with E-state index in [1.54, 1.807) is 25.1 Å². The number of hydrogen-bond acceptors (Lipinski definition) is 4. The molecule has 0 spiro atoms. The SMILES string of the molecule is CCOc1ccc(S(=O)(=O)N2C[C@@H](N)[C@H](c3ccccc3)C2)c(C)c1. The van der Waals surface area contributed by atoms with Crippen molar-refractivity contribution >= 4 is 10.0 Å². The number of sulfonamides is 1. The van der Waals surface area contributed by atoms with Gasteiger partial charge in [-0.25, -0.2) is 8.42 Å². The summed E-state index contributed by atoms with van der Waals surface area (Å²) in [6.45, 7) is 4.97. The van der Waals surface area contributed by atoms with E-state index in [0.717, 1.165) is 5.56 Å². The highest BCUT2D eigenvalue weighted by Gasteiger charge is 2.38. The van der Waals surface area contributed by atoms with Crippen LogP contribution < -0.4 is 10.5 Å². The molecule has 5 nitrogen and oxygen atoms in total. The van der Waals surface area contributed by atoms with Crippen LogP contribution in [0.4, 0.5) is 0 Å². The van der Waals surface area contributed by atoms with Crippen molar-refractivity contribution < 1.29 is 13.2 Å². The lowest BCUT2D eigenvalue weighted by Crippen LogP contribution is -2.32. The Morgan fingerprint density at radius 1 is 1.16 bits per heavy atom. The van der Waals surface area contributed by atoms with Crippen molar-refractivity contribution in [3.05, 3.63) is 59.7 Å². The van der Waals surface area contributed by atoms with Crippen LogP contribution in [0.1, 0.15) is 24.0 Å². The second kappa shape index (κ2) is 7.15. The molecule has 6 heteroatoms. The zero-order chi connectivity index (χ0) is 18.0. The van der Waals surface area contributed by atoms with Gasteiger partial charge in [-0.3, -0.25) is 0 Å². The fraction of sp³-hybridized carbons (Fsp3) is 0.368. The van der Waals surface area contributed by atoms with Crippen molar-refractivity contribution in [1.29, 1.82) is 0 Å². The number of aryl methyl sites for hydroxylation is 1. The molecule has 1 fully saturated rings. The second-order valence-corrected chi connectivity index (χ2v) is 8.27. The van der Waals surface area contributed by atoms with E-state index in [2.05, 4.69) is 0 Å². The molecule has 2 atom stereocenters. The largest absolute Gasteiger partial charge is 0.494 e. The fourth-order valence-corrected chi connectivity index (χ4v) is 5.06. The van der Waals surface area contributed by atoms with E-state index in [1.165, 1.54) is 4.31 Å². The molecular weight excluding hydrogens is 336 g/mol. The van der Waals surface area contributed by atoms with Crippen molar-refractivity contribution in [2.45, 2.75) is 30.7 Å². The minimum absolute atomic E-state index is 0.0129. The van der Waals surface area contributed by atoms with E-state index in [0.29, 0.717) is 35.9 Å². The lowest BCUT2D eigenvalue weighted by Gasteiger charge is -2.18. The van der Waals surface area contributed by atoms with Crippen LogP contribution in [0, 0.1) is 6.92 Å². The van der Waals surface area contributed by atoms with Gasteiger partial charge in [-0.1, -0.05) is 30.3 Å². The molecule has 3 rings (SSSR count). The summed E-state index contributed by atoms with van der Waals surface area (Å²) in [4.78, 5) is 0.317. The lowest BCUT2D eigenvalue weighted by molar-refractivity contribution is 0.339. The summed E-state index contributed by atoms with van der Waals surface area (Å²) in [7, 11) is -3.58. The highest BCUT2D eigenvalue weighted by molar-refractivity contribution is 7.89. The Morgan fingerprint density at radius 2 is 1.88 bits per heavy atom. The first-order chi connectivity index (χ1) is 11.9. The summed E-state index contributed by atoms with van der Waals surface area (Å²) in [6, 6.07) is 14.7. The third-order valence-electron chi connectivity index (χ3n) is 4.63. The molecule has 2 aromatic rings. The average Bonchev–Trinajstić information content (AvgIpc) is 2.98. The monoisotopic (exact) mass is 360 g/mol. The number of nitrogens with zero attached hydrogens (tertiary/aromatic N) is 1. The number of hydrogen-bond donors (Lipinski definition) is 1. The van der Waals surface area contributed by atoms with E-state index in [1.807, 2.05) is 37.3 Å². The van der Waals surface area contributed by atoms with Gasteiger partial charge in [0.1, 0.15) is 5.75 Å². The minimum Gasteiger partial charge on any atom is -0.494 e. The van der Waals surface area contributed by atoms with Crippen LogP contribution >= 0.6 is 0 Å². The third kappa shape index (κ3) is 3.56. The van der Waals surface area contributed by atoms with E-state index in [4.69, 9.17) is 10.5 Å². The molecule has 0 saturated carbocycles. The summed E-state index contributed by atoms with van der Waals surface area (Å²) < 4.78 is 33.1. The van der Waals surface area contributed by atoms with E-state index in [-0.39, 0.29) is 12.0 Å². The predicted octanol–water partition coefficient (Wildman–Crippen LogP) is 2.51. The Hall–Kier alpha value is -1.89. The molecule has 0 aliphatic carbocycles. The van der Waals surface area contributed by atoms with Gasteiger partial charge in [0.25, 0.3) is 0 Å². The average molecular weight is 360 g/mol. The van der Waals surface area contributed by atoms with Gasteiger partial charge < -0.3 is 10.5 Å². The predicted molar refractivity (Wildman–Crippen MR) is 98.3 cm³/mol. The van der Waals surface area contributed by atoms with Crippen molar-refractivity contribution in [3.8, 4) is 5.75 Å². The minimum atomic E-state index is -3.58. The van der Waals surface area contributed by atoms with Crippen LogP contribution in [-0.2, 0) is 10.0 Å². The van der Waals surface area contributed by atoms with Crippen molar-refractivity contribution in [2.24, 2.45) is 5.73 Å². The summed E-state index contributed by atoms with van der Waals surface area (Å²) >= 11 is 0. The molecule has 0 bridgehead atoms. The van der Waals surface area contributed by atoms with Gasteiger partial charge in [0.15, 0.2) is 0 Å². The molecule has 1 aliphatic rings. The highest BCUT2D eigenvalue weighted by Crippen LogP contribution is 2.32. The van der Waals surface area contributed by atoms with Gasteiger partial charge in [0, 0.05) is 25.0 Å². The van der Waals surface area contributed by atoms with Crippen LogP contribution in [0.5, 0.6) is 5.75 Å².